The Morgan fingerprint density at radius 1 is 1.43 bits per heavy atom. The molecule has 0 amide bonds. The van der Waals surface area contributed by atoms with Crippen molar-refractivity contribution in [2.24, 2.45) is 0 Å². The topological polar surface area (TPSA) is 40.2 Å². The van der Waals surface area contributed by atoms with Gasteiger partial charge in [-0.15, -0.1) is 0 Å². The molecule has 2 heterocycles. The lowest BCUT2D eigenvalue weighted by molar-refractivity contribution is 0.159. The number of nitrogens with one attached hydrogen (secondary N) is 2. The minimum absolute atomic E-state index is 0.651. The monoisotopic (exact) mass is 306 g/mol. The first-order valence-electron chi connectivity index (χ1n) is 7.87. The van der Waals surface area contributed by atoms with Gasteiger partial charge in [0.1, 0.15) is 5.82 Å². The fourth-order valence-corrected chi connectivity index (χ4v) is 2.88. The maximum atomic E-state index is 5.29. The highest BCUT2D eigenvalue weighted by Crippen LogP contribution is 2.16. The van der Waals surface area contributed by atoms with Gasteiger partial charge in [0, 0.05) is 25.3 Å². The summed E-state index contributed by atoms with van der Waals surface area (Å²) in [5, 5.41) is 7.02. The van der Waals surface area contributed by atoms with Crippen LogP contribution >= 0.6 is 12.2 Å². The lowest BCUT2D eigenvalue weighted by Crippen LogP contribution is -2.39. The van der Waals surface area contributed by atoms with Gasteiger partial charge in [-0.1, -0.05) is 12.5 Å². The summed E-state index contributed by atoms with van der Waals surface area (Å²) >= 11 is 5.29. The normalized spacial score (nSPS) is 19.2. The highest BCUT2D eigenvalue weighted by atomic mass is 32.1. The smallest absolute Gasteiger partial charge is 0.171 e. The summed E-state index contributed by atoms with van der Waals surface area (Å²) < 4.78 is 0. The Hall–Kier alpha value is -1.20. The SMILES string of the molecule is Cc1ccc(NC(=S)NCCCN2CCCCC2C)nc1. The second-order valence-electron chi connectivity index (χ2n) is 5.84. The maximum Gasteiger partial charge on any atom is 0.171 e. The van der Waals surface area contributed by atoms with E-state index in [0.717, 1.165) is 36.9 Å². The van der Waals surface area contributed by atoms with Crippen molar-refractivity contribution in [3.8, 4) is 0 Å². The van der Waals surface area contributed by atoms with Crippen LogP contribution in [0.5, 0.6) is 0 Å². The first-order chi connectivity index (χ1) is 10.1. The summed E-state index contributed by atoms with van der Waals surface area (Å²) in [6.07, 6.45) is 7.02. The number of piperidine rings is 1. The molecule has 5 heteroatoms. The average molecular weight is 306 g/mol. The van der Waals surface area contributed by atoms with E-state index in [1.165, 1.54) is 25.8 Å². The molecule has 0 aliphatic carbocycles. The standard InChI is InChI=1S/C16H26N4S/c1-13-7-8-15(18-12-13)19-16(21)17-9-5-11-20-10-4-3-6-14(20)2/h7-8,12,14H,3-6,9-11H2,1-2H3,(H2,17,18,19,21). The summed E-state index contributed by atoms with van der Waals surface area (Å²) in [5.74, 6) is 0.794. The molecule has 21 heavy (non-hydrogen) atoms. The number of pyridine rings is 1. The molecule has 116 valence electrons. The van der Waals surface area contributed by atoms with Gasteiger partial charge in [-0.2, -0.15) is 0 Å². The fourth-order valence-electron chi connectivity index (χ4n) is 2.68. The molecule has 0 spiro atoms. The number of aryl methyl sites for hydroxylation is 1. The molecule has 4 nitrogen and oxygen atoms in total. The zero-order chi connectivity index (χ0) is 15.1. The molecule has 1 aliphatic rings. The van der Waals surface area contributed by atoms with Gasteiger partial charge < -0.3 is 15.5 Å². The molecular weight excluding hydrogens is 280 g/mol. The Balaban J connectivity index is 1.61. The van der Waals surface area contributed by atoms with Crippen molar-refractivity contribution in [3.05, 3.63) is 23.9 Å². The molecular formula is C16H26N4S. The molecule has 2 N–H and O–H groups in total. The van der Waals surface area contributed by atoms with Crippen molar-refractivity contribution in [2.45, 2.75) is 45.6 Å². The van der Waals surface area contributed by atoms with Crippen molar-refractivity contribution in [1.29, 1.82) is 0 Å². The van der Waals surface area contributed by atoms with Crippen LogP contribution in [0.4, 0.5) is 5.82 Å². The zero-order valence-corrected chi connectivity index (χ0v) is 13.9. The highest BCUT2D eigenvalue weighted by molar-refractivity contribution is 7.80. The minimum atomic E-state index is 0.651. The van der Waals surface area contributed by atoms with Crippen molar-refractivity contribution in [1.82, 2.24) is 15.2 Å². The second-order valence-corrected chi connectivity index (χ2v) is 6.24. The summed E-state index contributed by atoms with van der Waals surface area (Å²) in [6.45, 7) is 7.66. The van der Waals surface area contributed by atoms with Gasteiger partial charge in [0.25, 0.3) is 0 Å². The Bertz CT molecular complexity index is 446. The van der Waals surface area contributed by atoms with Crippen LogP contribution in [0.3, 0.4) is 0 Å². The number of hydrogen-bond acceptors (Lipinski definition) is 3. The van der Waals surface area contributed by atoms with Gasteiger partial charge in [-0.05, 0) is 63.5 Å². The lowest BCUT2D eigenvalue weighted by atomic mass is 10.0. The van der Waals surface area contributed by atoms with Crippen LogP contribution in [0.1, 0.15) is 38.2 Å². The summed E-state index contributed by atoms with van der Waals surface area (Å²) in [4.78, 5) is 6.87. The van der Waals surface area contributed by atoms with Crippen LogP contribution in [0, 0.1) is 6.92 Å². The average Bonchev–Trinajstić information content (AvgIpc) is 2.48. The van der Waals surface area contributed by atoms with Crippen LogP contribution in [-0.4, -0.2) is 40.7 Å². The number of rotatable bonds is 5. The molecule has 1 unspecified atom stereocenters. The molecule has 1 aromatic heterocycles. The van der Waals surface area contributed by atoms with E-state index >= 15 is 0 Å². The summed E-state index contributed by atoms with van der Waals surface area (Å²) in [7, 11) is 0. The van der Waals surface area contributed by atoms with E-state index < -0.39 is 0 Å². The van der Waals surface area contributed by atoms with E-state index in [9.17, 15) is 0 Å². The third-order valence-corrected chi connectivity index (χ3v) is 4.25. The van der Waals surface area contributed by atoms with Gasteiger partial charge in [0.15, 0.2) is 5.11 Å². The number of nitrogens with zero attached hydrogens (tertiary/aromatic N) is 2. The van der Waals surface area contributed by atoms with E-state index in [2.05, 4.69) is 27.4 Å². The summed E-state index contributed by atoms with van der Waals surface area (Å²) in [6, 6.07) is 4.70. The number of likely N-dealkylation sites (tertiary alicyclic amines) is 1. The number of anilines is 1. The summed E-state index contributed by atoms with van der Waals surface area (Å²) in [5.41, 5.74) is 1.15. The van der Waals surface area contributed by atoms with Crippen LogP contribution in [-0.2, 0) is 0 Å². The first kappa shape index (κ1) is 16.2. The van der Waals surface area contributed by atoms with Gasteiger partial charge >= 0.3 is 0 Å². The van der Waals surface area contributed by atoms with Crippen molar-refractivity contribution in [2.75, 3.05) is 25.0 Å². The minimum Gasteiger partial charge on any atom is -0.362 e. The number of aromatic nitrogens is 1. The van der Waals surface area contributed by atoms with E-state index in [1.54, 1.807) is 0 Å². The van der Waals surface area contributed by atoms with E-state index in [0.29, 0.717) is 5.11 Å². The van der Waals surface area contributed by atoms with Crippen LogP contribution < -0.4 is 10.6 Å². The van der Waals surface area contributed by atoms with Crippen molar-refractivity contribution < 1.29 is 0 Å². The molecule has 1 saturated heterocycles. The molecule has 2 rings (SSSR count). The quantitative estimate of drug-likeness (QED) is 0.646. The van der Waals surface area contributed by atoms with E-state index in [-0.39, 0.29) is 0 Å². The van der Waals surface area contributed by atoms with E-state index in [1.807, 2.05) is 25.3 Å². The van der Waals surface area contributed by atoms with E-state index in [4.69, 9.17) is 12.2 Å². The molecule has 0 aromatic carbocycles. The maximum absolute atomic E-state index is 5.29. The zero-order valence-electron chi connectivity index (χ0n) is 13.1. The van der Waals surface area contributed by atoms with Crippen molar-refractivity contribution in [3.63, 3.8) is 0 Å². The number of hydrogen-bond donors (Lipinski definition) is 2. The third-order valence-electron chi connectivity index (χ3n) is 4.00. The number of thiocarbonyl (C=S) groups is 1. The molecule has 0 radical (unpaired) electrons. The largest absolute Gasteiger partial charge is 0.362 e. The second kappa shape index (κ2) is 8.29. The van der Waals surface area contributed by atoms with Crippen LogP contribution in [0.25, 0.3) is 0 Å². The van der Waals surface area contributed by atoms with Gasteiger partial charge in [-0.3, -0.25) is 0 Å². The van der Waals surface area contributed by atoms with Crippen LogP contribution in [0.2, 0.25) is 0 Å². The van der Waals surface area contributed by atoms with Gasteiger partial charge in [0.05, 0.1) is 0 Å². The molecule has 0 saturated carbocycles. The Morgan fingerprint density at radius 2 is 2.29 bits per heavy atom. The molecule has 1 fully saturated rings. The predicted molar refractivity (Wildman–Crippen MR) is 92.7 cm³/mol. The van der Waals surface area contributed by atoms with Crippen LogP contribution in [0.15, 0.2) is 18.3 Å². The predicted octanol–water partition coefficient (Wildman–Crippen LogP) is 2.94. The van der Waals surface area contributed by atoms with Gasteiger partial charge in [0.2, 0.25) is 0 Å². The third kappa shape index (κ3) is 5.59. The molecule has 0 bridgehead atoms. The molecule has 1 aromatic rings. The molecule has 1 atom stereocenters. The van der Waals surface area contributed by atoms with Crippen molar-refractivity contribution >= 4 is 23.1 Å². The first-order valence-corrected chi connectivity index (χ1v) is 8.27. The van der Waals surface area contributed by atoms with Gasteiger partial charge in [-0.25, -0.2) is 4.98 Å². The molecule has 1 aliphatic heterocycles. The highest BCUT2D eigenvalue weighted by Gasteiger charge is 2.16. The Labute approximate surface area is 133 Å². The lowest BCUT2D eigenvalue weighted by Gasteiger charge is -2.33. The Kier molecular flexibility index (Phi) is 6.39. The Morgan fingerprint density at radius 3 is 3.00 bits per heavy atom. The fraction of sp³-hybridized carbons (Fsp3) is 0.625.